The van der Waals surface area contributed by atoms with Gasteiger partial charge in [-0.1, -0.05) is 18.2 Å². The van der Waals surface area contributed by atoms with E-state index in [0.717, 1.165) is 34.5 Å². The minimum absolute atomic E-state index is 0.183. The summed E-state index contributed by atoms with van der Waals surface area (Å²) in [4.78, 5) is 17.8. The quantitative estimate of drug-likeness (QED) is 0.518. The summed E-state index contributed by atoms with van der Waals surface area (Å²) in [5.41, 5.74) is 3.66. The number of nitrogens with one attached hydrogen (secondary N) is 1. The third-order valence-corrected chi connectivity index (χ3v) is 4.64. The van der Waals surface area contributed by atoms with Crippen molar-refractivity contribution in [2.75, 3.05) is 11.9 Å². The molecule has 1 N–H and O–H groups in total. The molecule has 2 aromatic carbocycles. The molecule has 4 aromatic rings. The third kappa shape index (κ3) is 3.96. The summed E-state index contributed by atoms with van der Waals surface area (Å²) in [6.07, 6.45) is 3.71. The Labute approximate surface area is 169 Å². The van der Waals surface area contributed by atoms with Gasteiger partial charge >= 0.3 is 0 Å². The molecule has 29 heavy (non-hydrogen) atoms. The smallest absolute Gasteiger partial charge is 0.256 e. The number of aromatic nitrogens is 3. The van der Waals surface area contributed by atoms with Gasteiger partial charge in [-0.25, -0.2) is 4.98 Å². The normalized spacial score (nSPS) is 10.8. The first kappa shape index (κ1) is 18.7. The van der Waals surface area contributed by atoms with Gasteiger partial charge in [-0.05, 0) is 50.2 Å². The summed E-state index contributed by atoms with van der Waals surface area (Å²) < 4.78 is 7.29. The minimum Gasteiger partial charge on any atom is -0.494 e. The predicted molar refractivity (Wildman–Crippen MR) is 114 cm³/mol. The monoisotopic (exact) mass is 386 g/mol. The zero-order chi connectivity index (χ0) is 20.2. The Hall–Kier alpha value is -3.67. The Balaban J connectivity index is 1.70. The Morgan fingerprint density at radius 1 is 1.10 bits per heavy atom. The molecule has 0 radical (unpaired) electrons. The molecule has 0 spiro atoms. The van der Waals surface area contributed by atoms with E-state index in [1.54, 1.807) is 6.20 Å². The van der Waals surface area contributed by atoms with Crippen LogP contribution < -0.4 is 10.1 Å². The Morgan fingerprint density at radius 3 is 2.62 bits per heavy atom. The molecule has 0 aliphatic rings. The van der Waals surface area contributed by atoms with E-state index in [2.05, 4.69) is 10.4 Å². The maximum absolute atomic E-state index is 13.1. The number of benzene rings is 2. The molecule has 2 heterocycles. The maximum atomic E-state index is 13.1. The highest BCUT2D eigenvalue weighted by molar-refractivity contribution is 6.13. The molecule has 2 aromatic heterocycles. The number of para-hydroxylation sites is 1. The van der Waals surface area contributed by atoms with Gasteiger partial charge in [0.15, 0.2) is 0 Å². The number of fused-ring (bicyclic) bond motifs is 1. The van der Waals surface area contributed by atoms with E-state index >= 15 is 0 Å². The fourth-order valence-corrected chi connectivity index (χ4v) is 3.18. The Bertz CT molecular complexity index is 1150. The van der Waals surface area contributed by atoms with E-state index in [9.17, 15) is 4.79 Å². The lowest BCUT2D eigenvalue weighted by Crippen LogP contribution is -2.13. The molecule has 0 aliphatic heterocycles. The third-order valence-electron chi connectivity index (χ3n) is 4.64. The molecule has 4 rings (SSSR count). The van der Waals surface area contributed by atoms with Gasteiger partial charge in [-0.15, -0.1) is 0 Å². The van der Waals surface area contributed by atoms with E-state index in [4.69, 9.17) is 9.72 Å². The van der Waals surface area contributed by atoms with Crippen molar-refractivity contribution in [3.63, 3.8) is 0 Å². The first-order valence-electron chi connectivity index (χ1n) is 9.64. The molecule has 0 aliphatic carbocycles. The van der Waals surface area contributed by atoms with Gasteiger partial charge < -0.3 is 10.1 Å². The molecule has 6 nitrogen and oxygen atoms in total. The molecular weight excluding hydrogens is 364 g/mol. The van der Waals surface area contributed by atoms with E-state index in [1.165, 1.54) is 0 Å². The molecule has 0 unspecified atom stereocenters. The van der Waals surface area contributed by atoms with Crippen LogP contribution >= 0.6 is 0 Å². The molecule has 146 valence electrons. The second kappa shape index (κ2) is 8.14. The zero-order valence-electron chi connectivity index (χ0n) is 16.4. The second-order valence-corrected chi connectivity index (χ2v) is 6.57. The molecule has 0 bridgehead atoms. The van der Waals surface area contributed by atoms with Crippen molar-refractivity contribution in [1.29, 1.82) is 0 Å². The first-order chi connectivity index (χ1) is 14.2. The molecule has 6 heteroatoms. The average molecular weight is 386 g/mol. The molecule has 0 fully saturated rings. The number of anilines is 1. The van der Waals surface area contributed by atoms with E-state index in [0.29, 0.717) is 17.9 Å². The van der Waals surface area contributed by atoms with Crippen LogP contribution in [0.25, 0.3) is 22.2 Å². The van der Waals surface area contributed by atoms with Gasteiger partial charge in [-0.2, -0.15) is 5.10 Å². The second-order valence-electron chi connectivity index (χ2n) is 6.57. The van der Waals surface area contributed by atoms with Gasteiger partial charge in [0.1, 0.15) is 5.75 Å². The Morgan fingerprint density at radius 2 is 1.90 bits per heavy atom. The number of carbonyl (C=O) groups excluding carboxylic acids is 1. The number of pyridine rings is 1. The van der Waals surface area contributed by atoms with Crippen molar-refractivity contribution in [1.82, 2.24) is 14.8 Å². The van der Waals surface area contributed by atoms with Crippen LogP contribution in [0.5, 0.6) is 5.75 Å². The molecule has 0 saturated carbocycles. The van der Waals surface area contributed by atoms with Crippen molar-refractivity contribution in [3.8, 4) is 17.0 Å². The van der Waals surface area contributed by atoms with Crippen molar-refractivity contribution in [2.24, 2.45) is 0 Å². The number of nitrogens with zero attached hydrogens (tertiary/aromatic N) is 3. The van der Waals surface area contributed by atoms with Gasteiger partial charge in [0, 0.05) is 29.4 Å². The molecule has 0 atom stereocenters. The SMILES string of the molecule is CCOc1ccc(NC(=O)c2cc(-c3cnn(CC)c3)nc3ccccc23)cc1. The first-order valence-corrected chi connectivity index (χ1v) is 9.64. The highest BCUT2D eigenvalue weighted by atomic mass is 16.5. The van der Waals surface area contributed by atoms with Crippen molar-refractivity contribution >= 4 is 22.5 Å². The summed E-state index contributed by atoms with van der Waals surface area (Å²) in [6.45, 7) is 5.34. The van der Waals surface area contributed by atoms with E-state index in [-0.39, 0.29) is 5.91 Å². The van der Waals surface area contributed by atoms with Crippen LogP contribution in [0.2, 0.25) is 0 Å². The Kier molecular flexibility index (Phi) is 5.24. The number of ether oxygens (including phenoxy) is 1. The lowest BCUT2D eigenvalue weighted by molar-refractivity contribution is 0.102. The highest BCUT2D eigenvalue weighted by Gasteiger charge is 2.15. The number of carbonyl (C=O) groups is 1. The van der Waals surface area contributed by atoms with Crippen LogP contribution in [-0.2, 0) is 6.54 Å². The van der Waals surface area contributed by atoms with Gasteiger partial charge in [0.05, 0.1) is 29.6 Å². The summed E-state index contributed by atoms with van der Waals surface area (Å²) in [5, 5.41) is 8.10. The number of aryl methyl sites for hydroxylation is 1. The topological polar surface area (TPSA) is 69.0 Å². The molecular formula is C23H22N4O2. The van der Waals surface area contributed by atoms with Crippen LogP contribution in [0, 0.1) is 0 Å². The fourth-order valence-electron chi connectivity index (χ4n) is 3.18. The molecule has 1 amide bonds. The maximum Gasteiger partial charge on any atom is 0.256 e. The van der Waals surface area contributed by atoms with Crippen molar-refractivity contribution < 1.29 is 9.53 Å². The van der Waals surface area contributed by atoms with Gasteiger partial charge in [0.25, 0.3) is 5.91 Å². The van der Waals surface area contributed by atoms with Gasteiger partial charge in [0.2, 0.25) is 0 Å². The fraction of sp³-hybridized carbons (Fsp3) is 0.174. The number of amides is 1. The molecule has 0 saturated heterocycles. The largest absolute Gasteiger partial charge is 0.494 e. The summed E-state index contributed by atoms with van der Waals surface area (Å²) in [5.74, 6) is 0.590. The average Bonchev–Trinajstić information content (AvgIpc) is 3.24. The predicted octanol–water partition coefficient (Wildman–Crippen LogP) is 4.77. The minimum atomic E-state index is -0.183. The van der Waals surface area contributed by atoms with E-state index in [1.807, 2.05) is 79.3 Å². The lowest BCUT2D eigenvalue weighted by Gasteiger charge is -2.10. The van der Waals surface area contributed by atoms with Crippen LogP contribution in [0.15, 0.2) is 67.0 Å². The van der Waals surface area contributed by atoms with Crippen molar-refractivity contribution in [2.45, 2.75) is 20.4 Å². The summed E-state index contributed by atoms with van der Waals surface area (Å²) >= 11 is 0. The summed E-state index contributed by atoms with van der Waals surface area (Å²) in [6, 6.07) is 16.8. The van der Waals surface area contributed by atoms with Crippen LogP contribution in [0.1, 0.15) is 24.2 Å². The van der Waals surface area contributed by atoms with Crippen LogP contribution in [-0.4, -0.2) is 27.3 Å². The van der Waals surface area contributed by atoms with Crippen LogP contribution in [0.3, 0.4) is 0 Å². The highest BCUT2D eigenvalue weighted by Crippen LogP contribution is 2.26. The van der Waals surface area contributed by atoms with Gasteiger partial charge in [-0.3, -0.25) is 9.48 Å². The van der Waals surface area contributed by atoms with E-state index < -0.39 is 0 Å². The lowest BCUT2D eigenvalue weighted by atomic mass is 10.0. The van der Waals surface area contributed by atoms with Crippen LogP contribution in [0.4, 0.5) is 5.69 Å². The number of rotatable bonds is 6. The summed E-state index contributed by atoms with van der Waals surface area (Å²) in [7, 11) is 0. The number of hydrogen-bond acceptors (Lipinski definition) is 4. The zero-order valence-corrected chi connectivity index (χ0v) is 16.4. The number of hydrogen-bond donors (Lipinski definition) is 1. The van der Waals surface area contributed by atoms with Crippen molar-refractivity contribution in [3.05, 3.63) is 72.6 Å². The standard InChI is InChI=1S/C23H22N4O2/c1-3-27-15-16(14-24-27)22-13-20(19-7-5-6-8-21(19)26-22)23(28)25-17-9-11-18(12-10-17)29-4-2/h5-15H,3-4H2,1-2H3,(H,25,28).